The Balaban J connectivity index is 4.74. The molecule has 0 aromatic carbocycles. The summed E-state index contributed by atoms with van der Waals surface area (Å²) < 4.78 is 41.3. The summed E-state index contributed by atoms with van der Waals surface area (Å²) in [5.74, 6) is -5.27. The fraction of sp³-hybridized carbons (Fsp3) is 0.778. The van der Waals surface area contributed by atoms with Gasteiger partial charge >= 0.3 is 12.1 Å². The smallest absolute Gasteiger partial charge is 0.409 e. The Morgan fingerprint density at radius 1 is 1.27 bits per heavy atom. The summed E-state index contributed by atoms with van der Waals surface area (Å²) in [7, 11) is 0. The van der Waals surface area contributed by atoms with Crippen LogP contribution in [-0.2, 0) is 14.3 Å². The highest BCUT2D eigenvalue weighted by atomic mass is 19.4. The van der Waals surface area contributed by atoms with E-state index in [2.05, 4.69) is 4.74 Å². The van der Waals surface area contributed by atoms with Crippen molar-refractivity contribution in [2.75, 3.05) is 6.61 Å². The summed E-state index contributed by atoms with van der Waals surface area (Å²) in [6.45, 7) is 2.77. The fourth-order valence-corrected chi connectivity index (χ4v) is 1.06. The molecule has 0 saturated heterocycles. The van der Waals surface area contributed by atoms with Gasteiger partial charge < -0.3 is 4.74 Å². The van der Waals surface area contributed by atoms with E-state index in [0.717, 1.165) is 0 Å². The number of esters is 1. The van der Waals surface area contributed by atoms with Crippen LogP contribution in [0.2, 0.25) is 0 Å². The molecule has 88 valence electrons. The highest BCUT2D eigenvalue weighted by molar-refractivity contribution is 5.99. The van der Waals surface area contributed by atoms with E-state index in [1.54, 1.807) is 6.92 Å². The minimum atomic E-state index is -4.86. The van der Waals surface area contributed by atoms with Crippen molar-refractivity contribution in [3.63, 3.8) is 0 Å². The predicted octanol–water partition coefficient (Wildman–Crippen LogP) is 2.10. The Labute approximate surface area is 85.6 Å². The molecule has 0 heterocycles. The minimum Gasteiger partial charge on any atom is -0.465 e. The molecule has 0 aromatic rings. The summed E-state index contributed by atoms with van der Waals surface area (Å²) in [5.41, 5.74) is 0. The molecule has 0 bridgehead atoms. The van der Waals surface area contributed by atoms with E-state index in [0.29, 0.717) is 0 Å². The summed E-state index contributed by atoms with van der Waals surface area (Å²) in [4.78, 5) is 22.0. The zero-order valence-corrected chi connectivity index (χ0v) is 8.56. The van der Waals surface area contributed by atoms with E-state index in [9.17, 15) is 22.8 Å². The zero-order chi connectivity index (χ0) is 12.1. The van der Waals surface area contributed by atoms with E-state index in [1.165, 1.54) is 6.92 Å². The van der Waals surface area contributed by atoms with Crippen LogP contribution in [-0.4, -0.2) is 24.5 Å². The Morgan fingerprint density at radius 3 is 2.13 bits per heavy atom. The lowest BCUT2D eigenvalue weighted by molar-refractivity contribution is -0.197. The summed E-state index contributed by atoms with van der Waals surface area (Å²) in [6.07, 6.45) is -4.87. The molecule has 0 aliphatic rings. The number of Topliss-reactive ketones (excluding diaryl/α,β-unsaturated/α-hetero) is 1. The van der Waals surface area contributed by atoms with Gasteiger partial charge in [-0.1, -0.05) is 6.92 Å². The number of carbonyl (C=O) groups excluding carboxylic acids is 2. The molecular formula is C9H13F3O3. The van der Waals surface area contributed by atoms with Crippen molar-refractivity contribution < 1.29 is 27.5 Å². The molecule has 1 unspecified atom stereocenters. The third-order valence-electron chi connectivity index (χ3n) is 1.67. The molecule has 0 aliphatic carbocycles. The molecule has 0 aliphatic heterocycles. The SMILES string of the molecule is CCCC(=O)C(C(=O)OCC)C(F)(F)F. The molecule has 1 atom stereocenters. The van der Waals surface area contributed by atoms with Gasteiger partial charge in [0.25, 0.3) is 0 Å². The second-order valence-corrected chi connectivity index (χ2v) is 2.94. The van der Waals surface area contributed by atoms with Crippen LogP contribution in [0.3, 0.4) is 0 Å². The van der Waals surface area contributed by atoms with Gasteiger partial charge in [-0.05, 0) is 13.3 Å². The van der Waals surface area contributed by atoms with Crippen LogP contribution < -0.4 is 0 Å². The molecule has 15 heavy (non-hydrogen) atoms. The highest BCUT2D eigenvalue weighted by Crippen LogP contribution is 2.29. The van der Waals surface area contributed by atoms with E-state index in [-0.39, 0.29) is 19.4 Å². The summed E-state index contributed by atoms with van der Waals surface area (Å²) >= 11 is 0. The molecule has 0 rings (SSSR count). The Bertz CT molecular complexity index is 217. The average Bonchev–Trinajstić information content (AvgIpc) is 2.01. The lowest BCUT2D eigenvalue weighted by atomic mass is 10.0. The molecule has 0 radical (unpaired) electrons. The molecule has 3 nitrogen and oxygen atoms in total. The molecule has 0 fully saturated rings. The Hall–Kier alpha value is -1.07. The van der Waals surface area contributed by atoms with E-state index >= 15 is 0 Å². The van der Waals surface area contributed by atoms with Crippen molar-refractivity contribution in [1.82, 2.24) is 0 Å². The number of ketones is 1. The second kappa shape index (κ2) is 5.72. The molecule has 0 aromatic heterocycles. The second-order valence-electron chi connectivity index (χ2n) is 2.94. The number of carbonyl (C=O) groups is 2. The number of halogens is 3. The quantitative estimate of drug-likeness (QED) is 0.532. The van der Waals surface area contributed by atoms with Crippen LogP contribution in [0.4, 0.5) is 13.2 Å². The van der Waals surface area contributed by atoms with Crippen molar-refractivity contribution in [3.05, 3.63) is 0 Å². The van der Waals surface area contributed by atoms with Crippen LogP contribution in [0.5, 0.6) is 0 Å². The maximum absolute atomic E-state index is 12.3. The molecule has 6 heteroatoms. The van der Waals surface area contributed by atoms with Gasteiger partial charge in [-0.25, -0.2) is 0 Å². The fourth-order valence-electron chi connectivity index (χ4n) is 1.06. The van der Waals surface area contributed by atoms with Crippen LogP contribution in [0.15, 0.2) is 0 Å². The van der Waals surface area contributed by atoms with Crippen molar-refractivity contribution in [2.45, 2.75) is 32.9 Å². The molecule has 0 amide bonds. The van der Waals surface area contributed by atoms with Gasteiger partial charge in [0, 0.05) is 6.42 Å². The first kappa shape index (κ1) is 13.9. The minimum absolute atomic E-state index is 0.176. The topological polar surface area (TPSA) is 43.4 Å². The normalized spacial score (nSPS) is 13.4. The number of hydrogen-bond donors (Lipinski definition) is 0. The maximum atomic E-state index is 12.3. The Morgan fingerprint density at radius 2 is 1.80 bits per heavy atom. The maximum Gasteiger partial charge on any atom is 0.409 e. The number of rotatable bonds is 5. The first-order chi connectivity index (χ1) is 6.84. The van der Waals surface area contributed by atoms with Gasteiger partial charge in [-0.15, -0.1) is 0 Å². The summed E-state index contributed by atoms with van der Waals surface area (Å²) in [5, 5.41) is 0. The third kappa shape index (κ3) is 4.31. The largest absolute Gasteiger partial charge is 0.465 e. The van der Waals surface area contributed by atoms with E-state index < -0.39 is 23.8 Å². The van der Waals surface area contributed by atoms with Gasteiger partial charge in [-0.2, -0.15) is 13.2 Å². The average molecular weight is 226 g/mol. The van der Waals surface area contributed by atoms with Gasteiger partial charge in [0.1, 0.15) is 0 Å². The lowest BCUT2D eigenvalue weighted by Gasteiger charge is -2.16. The van der Waals surface area contributed by atoms with Crippen molar-refractivity contribution >= 4 is 11.8 Å². The predicted molar refractivity (Wildman–Crippen MR) is 46.1 cm³/mol. The van der Waals surface area contributed by atoms with Gasteiger partial charge in [-0.3, -0.25) is 9.59 Å². The Kier molecular flexibility index (Phi) is 5.32. The van der Waals surface area contributed by atoms with Gasteiger partial charge in [0.2, 0.25) is 5.92 Å². The zero-order valence-electron chi connectivity index (χ0n) is 8.56. The monoisotopic (exact) mass is 226 g/mol. The van der Waals surface area contributed by atoms with Crippen LogP contribution in [0.1, 0.15) is 26.7 Å². The first-order valence-electron chi connectivity index (χ1n) is 4.60. The number of hydrogen-bond acceptors (Lipinski definition) is 3. The van der Waals surface area contributed by atoms with Crippen LogP contribution in [0, 0.1) is 5.92 Å². The van der Waals surface area contributed by atoms with Crippen molar-refractivity contribution in [3.8, 4) is 0 Å². The van der Waals surface area contributed by atoms with E-state index in [4.69, 9.17) is 0 Å². The van der Waals surface area contributed by atoms with Crippen molar-refractivity contribution in [1.29, 1.82) is 0 Å². The molecule has 0 spiro atoms. The molecule has 0 saturated carbocycles. The first-order valence-corrected chi connectivity index (χ1v) is 4.60. The highest BCUT2D eigenvalue weighted by Gasteiger charge is 2.50. The van der Waals surface area contributed by atoms with E-state index in [1.807, 2.05) is 0 Å². The number of alkyl halides is 3. The lowest BCUT2D eigenvalue weighted by Crippen LogP contribution is -2.38. The number of ether oxygens (including phenoxy) is 1. The van der Waals surface area contributed by atoms with Crippen LogP contribution in [0.25, 0.3) is 0 Å². The van der Waals surface area contributed by atoms with Gasteiger partial charge in [0.15, 0.2) is 5.78 Å². The van der Waals surface area contributed by atoms with Crippen LogP contribution >= 0.6 is 0 Å². The molecular weight excluding hydrogens is 213 g/mol. The van der Waals surface area contributed by atoms with Crippen molar-refractivity contribution in [2.24, 2.45) is 5.92 Å². The third-order valence-corrected chi connectivity index (χ3v) is 1.67. The summed E-state index contributed by atoms with van der Waals surface area (Å²) in [6, 6.07) is 0. The molecule has 0 N–H and O–H groups in total. The standard InChI is InChI=1S/C9H13F3O3/c1-3-5-6(13)7(9(10,11)12)8(14)15-4-2/h7H,3-5H2,1-2H3. The van der Waals surface area contributed by atoms with Gasteiger partial charge in [0.05, 0.1) is 6.61 Å².